The molecule has 0 bridgehead atoms. The minimum absolute atomic E-state index is 0.000272. The number of hydrogen-bond acceptors (Lipinski definition) is 3. The number of anilines is 2. The molecule has 3 N–H and O–H groups in total. The second-order valence-electron chi connectivity index (χ2n) is 9.36. The van der Waals surface area contributed by atoms with Crippen LogP contribution in [0, 0.1) is 5.92 Å². The first-order valence-corrected chi connectivity index (χ1v) is 12.9. The predicted molar refractivity (Wildman–Crippen MR) is 152 cm³/mol. The number of nitrogens with one attached hydrogen (secondary N) is 3. The summed E-state index contributed by atoms with van der Waals surface area (Å²) in [4.78, 5) is 33.3. The minimum Gasteiger partial charge on any atom is -0.338 e. The van der Waals surface area contributed by atoms with E-state index in [1.165, 1.54) is 5.56 Å². The number of nitrogens with zero attached hydrogens (tertiary/aromatic N) is 1. The Bertz CT molecular complexity index is 1650. The van der Waals surface area contributed by atoms with Crippen molar-refractivity contribution in [3.8, 4) is 11.4 Å². The molecular weight excluding hydrogens is 519 g/mol. The van der Waals surface area contributed by atoms with E-state index >= 15 is 0 Å². The van der Waals surface area contributed by atoms with Crippen molar-refractivity contribution < 1.29 is 9.59 Å². The summed E-state index contributed by atoms with van der Waals surface area (Å²) in [6.07, 6.45) is 0.871. The zero-order chi connectivity index (χ0) is 26.2. The molecule has 2 amide bonds. The largest absolute Gasteiger partial charge is 0.338 e. The molecule has 1 aliphatic rings. The van der Waals surface area contributed by atoms with Crippen molar-refractivity contribution in [2.75, 3.05) is 10.6 Å². The quantitative estimate of drug-likeness (QED) is 0.208. The Morgan fingerprint density at radius 1 is 0.816 bits per heavy atom. The highest BCUT2D eigenvalue weighted by molar-refractivity contribution is 6.35. The van der Waals surface area contributed by atoms with Gasteiger partial charge in [-0.25, -0.2) is 4.98 Å². The second kappa shape index (κ2) is 9.97. The molecule has 1 aromatic heterocycles. The minimum atomic E-state index is -0.304. The maximum absolute atomic E-state index is 12.8. The van der Waals surface area contributed by atoms with Gasteiger partial charge < -0.3 is 15.6 Å². The summed E-state index contributed by atoms with van der Waals surface area (Å²) in [6, 6.07) is 27.9. The van der Waals surface area contributed by atoms with E-state index in [2.05, 4.69) is 32.7 Å². The highest BCUT2D eigenvalue weighted by Gasteiger charge is 2.43. The van der Waals surface area contributed by atoms with Gasteiger partial charge in [0.15, 0.2) is 0 Å². The number of halogens is 2. The van der Waals surface area contributed by atoms with Gasteiger partial charge in [-0.05, 0) is 78.6 Å². The fourth-order valence-electron chi connectivity index (χ4n) is 4.61. The first-order valence-electron chi connectivity index (χ1n) is 12.2. The second-order valence-corrected chi connectivity index (χ2v) is 10.2. The van der Waals surface area contributed by atoms with E-state index in [0.717, 1.165) is 28.7 Å². The lowest BCUT2D eigenvalue weighted by Gasteiger charge is -2.07. The molecule has 5 aromatic rings. The van der Waals surface area contributed by atoms with E-state index in [0.29, 0.717) is 27.1 Å². The van der Waals surface area contributed by atoms with Crippen LogP contribution in [0.15, 0.2) is 91.0 Å². The first kappa shape index (κ1) is 24.2. The Morgan fingerprint density at radius 3 is 2.26 bits per heavy atom. The number of hydrogen-bond donors (Lipinski definition) is 3. The molecule has 0 radical (unpaired) electrons. The molecule has 8 heteroatoms. The molecule has 188 valence electrons. The van der Waals surface area contributed by atoms with Crippen LogP contribution < -0.4 is 10.6 Å². The zero-order valence-electron chi connectivity index (χ0n) is 20.0. The van der Waals surface area contributed by atoms with Crippen molar-refractivity contribution in [3.63, 3.8) is 0 Å². The smallest absolute Gasteiger partial charge is 0.255 e. The van der Waals surface area contributed by atoms with Gasteiger partial charge in [0.2, 0.25) is 5.91 Å². The van der Waals surface area contributed by atoms with Gasteiger partial charge in [0, 0.05) is 38.5 Å². The standard InChI is InChI=1S/C30H22Cl2N4O2/c31-20-12-19(13-21(32)14-20)29(37)33-22-8-6-18(7-9-22)28-35-26-11-10-23(15-27(26)36-28)34-30(38)25-16-24(25)17-4-2-1-3-5-17/h1-15,24-25H,16H2,(H,33,37)(H,34,38)(H,35,36). The third-order valence-electron chi connectivity index (χ3n) is 6.65. The molecule has 1 saturated carbocycles. The summed E-state index contributed by atoms with van der Waals surface area (Å²) in [5, 5.41) is 6.69. The normalized spacial score (nSPS) is 16.3. The molecule has 1 heterocycles. The van der Waals surface area contributed by atoms with Crippen molar-refractivity contribution in [3.05, 3.63) is 112 Å². The Balaban J connectivity index is 1.12. The third kappa shape index (κ3) is 5.14. The van der Waals surface area contributed by atoms with E-state index in [9.17, 15) is 9.59 Å². The lowest BCUT2D eigenvalue weighted by Crippen LogP contribution is -2.14. The number of amides is 2. The summed E-state index contributed by atoms with van der Waals surface area (Å²) >= 11 is 12.0. The molecule has 38 heavy (non-hydrogen) atoms. The lowest BCUT2D eigenvalue weighted by atomic mass is 10.1. The summed E-state index contributed by atoms with van der Waals surface area (Å²) in [5.41, 5.74) is 5.43. The number of fused-ring (bicyclic) bond motifs is 1. The van der Waals surface area contributed by atoms with E-state index < -0.39 is 0 Å². The average molecular weight is 541 g/mol. The highest BCUT2D eigenvalue weighted by Crippen LogP contribution is 2.47. The average Bonchev–Trinajstić information content (AvgIpc) is 3.61. The van der Waals surface area contributed by atoms with Gasteiger partial charge >= 0.3 is 0 Å². The van der Waals surface area contributed by atoms with Crippen LogP contribution in [-0.2, 0) is 4.79 Å². The van der Waals surface area contributed by atoms with Gasteiger partial charge in [-0.15, -0.1) is 0 Å². The Labute approximate surface area is 229 Å². The molecular formula is C30H22Cl2N4O2. The molecule has 0 saturated heterocycles. The van der Waals surface area contributed by atoms with Crippen molar-refractivity contribution in [2.45, 2.75) is 12.3 Å². The maximum Gasteiger partial charge on any atom is 0.255 e. The summed E-state index contributed by atoms with van der Waals surface area (Å²) in [7, 11) is 0. The maximum atomic E-state index is 12.8. The fourth-order valence-corrected chi connectivity index (χ4v) is 5.14. The van der Waals surface area contributed by atoms with Gasteiger partial charge in [-0.2, -0.15) is 0 Å². The van der Waals surface area contributed by atoms with Crippen LogP contribution in [0.3, 0.4) is 0 Å². The molecule has 2 atom stereocenters. The van der Waals surface area contributed by atoms with Crippen molar-refractivity contribution in [1.82, 2.24) is 9.97 Å². The summed E-state index contributed by atoms with van der Waals surface area (Å²) < 4.78 is 0. The molecule has 6 rings (SSSR count). The van der Waals surface area contributed by atoms with Crippen molar-refractivity contribution >= 4 is 57.4 Å². The molecule has 0 aliphatic heterocycles. The molecule has 0 spiro atoms. The topological polar surface area (TPSA) is 86.9 Å². The van der Waals surface area contributed by atoms with Crippen LogP contribution in [0.1, 0.15) is 28.3 Å². The van der Waals surface area contributed by atoms with Crippen LogP contribution in [0.2, 0.25) is 10.0 Å². The van der Waals surface area contributed by atoms with E-state index in [-0.39, 0.29) is 23.7 Å². The van der Waals surface area contributed by atoms with Crippen LogP contribution in [0.4, 0.5) is 11.4 Å². The number of H-pyrrole nitrogens is 1. The Morgan fingerprint density at radius 2 is 1.53 bits per heavy atom. The van der Waals surface area contributed by atoms with Crippen LogP contribution in [0.25, 0.3) is 22.4 Å². The van der Waals surface area contributed by atoms with Crippen molar-refractivity contribution in [1.29, 1.82) is 0 Å². The summed E-state index contributed by atoms with van der Waals surface area (Å²) in [5.74, 6) is 0.710. The molecule has 2 unspecified atom stereocenters. The number of imidazole rings is 1. The summed E-state index contributed by atoms with van der Waals surface area (Å²) in [6.45, 7) is 0. The zero-order valence-corrected chi connectivity index (χ0v) is 21.6. The number of carbonyl (C=O) groups excluding carboxylic acids is 2. The number of rotatable bonds is 6. The molecule has 1 fully saturated rings. The molecule has 4 aromatic carbocycles. The van der Waals surface area contributed by atoms with Gasteiger partial charge in [0.05, 0.1) is 11.0 Å². The third-order valence-corrected chi connectivity index (χ3v) is 7.08. The van der Waals surface area contributed by atoms with E-state index in [1.54, 1.807) is 30.3 Å². The molecule has 1 aliphatic carbocycles. The van der Waals surface area contributed by atoms with E-state index in [4.69, 9.17) is 23.2 Å². The number of carbonyl (C=O) groups is 2. The number of aromatic nitrogens is 2. The van der Waals surface area contributed by atoms with Gasteiger partial charge in [-0.1, -0.05) is 53.5 Å². The van der Waals surface area contributed by atoms with Crippen LogP contribution >= 0.6 is 23.2 Å². The SMILES string of the molecule is O=C(Nc1ccc(-c2nc3ccc(NC(=O)C4CC4c4ccccc4)cc3[nH]2)cc1)c1cc(Cl)cc(Cl)c1. The van der Waals surface area contributed by atoms with Gasteiger partial charge in [0.25, 0.3) is 5.91 Å². The van der Waals surface area contributed by atoms with Crippen molar-refractivity contribution in [2.24, 2.45) is 5.92 Å². The Hall–Kier alpha value is -4.13. The fraction of sp³-hybridized carbons (Fsp3) is 0.100. The number of benzene rings is 4. The monoisotopic (exact) mass is 540 g/mol. The van der Waals surface area contributed by atoms with Crippen LogP contribution in [0.5, 0.6) is 0 Å². The van der Waals surface area contributed by atoms with E-state index in [1.807, 2.05) is 48.5 Å². The van der Waals surface area contributed by atoms with Gasteiger partial charge in [-0.3, -0.25) is 9.59 Å². The highest BCUT2D eigenvalue weighted by atomic mass is 35.5. The lowest BCUT2D eigenvalue weighted by molar-refractivity contribution is -0.117. The Kier molecular flexibility index (Phi) is 6.35. The predicted octanol–water partition coefficient (Wildman–Crippen LogP) is 7.53. The molecule has 6 nitrogen and oxygen atoms in total. The first-order chi connectivity index (χ1) is 18.4. The number of aromatic amines is 1. The van der Waals surface area contributed by atoms with Gasteiger partial charge in [0.1, 0.15) is 5.82 Å². The van der Waals surface area contributed by atoms with Crippen LogP contribution in [-0.4, -0.2) is 21.8 Å².